The Bertz CT molecular complexity index is 935. The molecule has 134 valence electrons. The molecular formula is C18H17BrN4OS2. The molecular weight excluding hydrogens is 432 g/mol. The zero-order chi connectivity index (χ0) is 18.1. The highest BCUT2D eigenvalue weighted by atomic mass is 79.9. The fraction of sp³-hybridized carbons (Fsp3) is 0.278. The minimum atomic E-state index is -0.0419. The maximum absolute atomic E-state index is 12.3. The molecule has 0 saturated heterocycles. The number of aryl methyl sites for hydroxylation is 1. The molecule has 0 atom stereocenters. The summed E-state index contributed by atoms with van der Waals surface area (Å²) < 4.78 is 3.22. The summed E-state index contributed by atoms with van der Waals surface area (Å²) in [5.41, 5.74) is 1.89. The summed E-state index contributed by atoms with van der Waals surface area (Å²) >= 11 is 6.57. The molecule has 0 radical (unpaired) electrons. The van der Waals surface area contributed by atoms with Gasteiger partial charge in [-0.25, -0.2) is 0 Å². The zero-order valence-corrected chi connectivity index (χ0v) is 17.3. The molecule has 0 unspecified atom stereocenters. The molecule has 0 bridgehead atoms. The highest BCUT2D eigenvalue weighted by Gasteiger charge is 2.30. The first-order chi connectivity index (χ1) is 12.6. The second kappa shape index (κ2) is 7.54. The Labute approximate surface area is 168 Å². The Morgan fingerprint density at radius 3 is 2.92 bits per heavy atom. The number of hydrogen-bond acceptors (Lipinski definition) is 5. The normalized spacial score (nSPS) is 13.8. The average Bonchev–Trinajstić information content (AvgIpc) is 3.15. The average molecular weight is 449 g/mol. The molecule has 0 spiro atoms. The molecule has 1 amide bonds. The molecule has 1 N–H and O–H groups in total. The van der Waals surface area contributed by atoms with E-state index in [-0.39, 0.29) is 5.91 Å². The summed E-state index contributed by atoms with van der Waals surface area (Å²) in [5, 5.41) is 14.5. The van der Waals surface area contributed by atoms with Crippen molar-refractivity contribution in [2.75, 3.05) is 11.1 Å². The van der Waals surface area contributed by atoms with Crippen LogP contribution in [0.4, 0.5) is 5.69 Å². The van der Waals surface area contributed by atoms with Crippen LogP contribution in [0.15, 0.2) is 45.3 Å². The van der Waals surface area contributed by atoms with Crippen LogP contribution in [0.25, 0.3) is 10.7 Å². The predicted molar refractivity (Wildman–Crippen MR) is 110 cm³/mol. The van der Waals surface area contributed by atoms with Gasteiger partial charge in [0, 0.05) is 16.2 Å². The van der Waals surface area contributed by atoms with Gasteiger partial charge in [0.2, 0.25) is 5.91 Å². The highest BCUT2D eigenvalue weighted by molar-refractivity contribution is 9.10. The number of benzene rings is 1. The van der Waals surface area contributed by atoms with Crippen molar-refractivity contribution < 1.29 is 4.79 Å². The van der Waals surface area contributed by atoms with Crippen LogP contribution < -0.4 is 5.32 Å². The van der Waals surface area contributed by atoms with E-state index in [0.717, 1.165) is 44.4 Å². The van der Waals surface area contributed by atoms with Crippen LogP contribution in [0.1, 0.15) is 24.4 Å². The molecule has 5 nitrogen and oxygen atoms in total. The maximum atomic E-state index is 12.3. The number of nitrogens with one attached hydrogen (secondary N) is 1. The van der Waals surface area contributed by atoms with Crippen molar-refractivity contribution in [3.63, 3.8) is 0 Å². The van der Waals surface area contributed by atoms with E-state index in [9.17, 15) is 4.79 Å². The smallest absolute Gasteiger partial charge is 0.234 e. The first kappa shape index (κ1) is 17.8. The van der Waals surface area contributed by atoms with E-state index in [1.54, 1.807) is 11.3 Å². The Morgan fingerprint density at radius 1 is 1.38 bits per heavy atom. The third-order valence-corrected chi connectivity index (χ3v) is 6.79. The molecule has 1 saturated carbocycles. The molecule has 2 aromatic heterocycles. The number of anilines is 1. The number of thiophene rings is 1. The molecule has 1 aliphatic carbocycles. The highest BCUT2D eigenvalue weighted by Crippen LogP contribution is 2.41. The quantitative estimate of drug-likeness (QED) is 0.530. The van der Waals surface area contributed by atoms with Gasteiger partial charge in [-0.05, 0) is 55.0 Å². The number of nitrogens with zero attached hydrogens (tertiary/aromatic N) is 3. The van der Waals surface area contributed by atoms with Crippen molar-refractivity contribution in [2.24, 2.45) is 0 Å². The summed E-state index contributed by atoms with van der Waals surface area (Å²) in [6.45, 7) is 2.00. The van der Waals surface area contributed by atoms with Gasteiger partial charge >= 0.3 is 0 Å². The number of hydrogen-bond donors (Lipinski definition) is 1. The molecule has 0 aliphatic heterocycles. The fourth-order valence-corrected chi connectivity index (χ4v) is 4.42. The largest absolute Gasteiger partial charge is 0.325 e. The third-order valence-electron chi connectivity index (χ3n) is 4.09. The van der Waals surface area contributed by atoms with E-state index < -0.39 is 0 Å². The van der Waals surface area contributed by atoms with E-state index in [1.165, 1.54) is 11.8 Å². The van der Waals surface area contributed by atoms with E-state index >= 15 is 0 Å². The van der Waals surface area contributed by atoms with Gasteiger partial charge in [0.1, 0.15) is 0 Å². The van der Waals surface area contributed by atoms with Gasteiger partial charge in [-0.2, -0.15) is 0 Å². The minimum Gasteiger partial charge on any atom is -0.325 e. The van der Waals surface area contributed by atoms with Gasteiger partial charge in [0.15, 0.2) is 11.0 Å². The molecule has 3 aromatic rings. The van der Waals surface area contributed by atoms with Gasteiger partial charge in [0.25, 0.3) is 0 Å². The summed E-state index contributed by atoms with van der Waals surface area (Å²) in [6.07, 6.45) is 2.29. The monoisotopic (exact) mass is 448 g/mol. The molecule has 1 aliphatic rings. The molecule has 2 heterocycles. The zero-order valence-electron chi connectivity index (χ0n) is 14.1. The summed E-state index contributed by atoms with van der Waals surface area (Å²) in [4.78, 5) is 13.4. The number of amides is 1. The third kappa shape index (κ3) is 3.87. The van der Waals surface area contributed by atoms with Crippen molar-refractivity contribution in [1.82, 2.24) is 14.8 Å². The summed E-state index contributed by atoms with van der Waals surface area (Å²) in [5.74, 6) is 1.18. The van der Waals surface area contributed by atoms with E-state index in [0.29, 0.717) is 11.8 Å². The van der Waals surface area contributed by atoms with Crippen LogP contribution in [0, 0.1) is 6.92 Å². The number of carbonyl (C=O) groups is 1. The van der Waals surface area contributed by atoms with Crippen LogP contribution >= 0.6 is 39.0 Å². The van der Waals surface area contributed by atoms with E-state index in [2.05, 4.69) is 42.1 Å². The van der Waals surface area contributed by atoms with Crippen LogP contribution in [0.3, 0.4) is 0 Å². The lowest BCUT2D eigenvalue weighted by molar-refractivity contribution is -0.113. The molecule has 8 heteroatoms. The van der Waals surface area contributed by atoms with Gasteiger partial charge in [-0.15, -0.1) is 21.5 Å². The van der Waals surface area contributed by atoms with Gasteiger partial charge < -0.3 is 5.32 Å². The SMILES string of the molecule is Cc1cc(NC(=O)CSc2nnc(-c3cccs3)n2C2CC2)ccc1Br. The number of carbonyl (C=O) groups excluding carboxylic acids is 1. The number of thioether (sulfide) groups is 1. The van der Waals surface area contributed by atoms with E-state index in [1.807, 2.05) is 36.6 Å². The Kier molecular flexibility index (Phi) is 5.15. The minimum absolute atomic E-state index is 0.0419. The van der Waals surface area contributed by atoms with Crippen molar-refractivity contribution in [3.05, 3.63) is 45.7 Å². The lowest BCUT2D eigenvalue weighted by Gasteiger charge is -2.09. The lowest BCUT2D eigenvalue weighted by Crippen LogP contribution is -2.14. The van der Waals surface area contributed by atoms with Crippen LogP contribution in [0.5, 0.6) is 0 Å². The van der Waals surface area contributed by atoms with Crippen molar-refractivity contribution in [2.45, 2.75) is 31.0 Å². The van der Waals surface area contributed by atoms with E-state index in [4.69, 9.17) is 0 Å². The van der Waals surface area contributed by atoms with Crippen LogP contribution in [-0.2, 0) is 4.79 Å². The number of halogens is 1. The number of rotatable bonds is 6. The second-order valence-corrected chi connectivity index (χ2v) is 8.93. The molecule has 4 rings (SSSR count). The Morgan fingerprint density at radius 2 is 2.23 bits per heavy atom. The predicted octanol–water partition coefficient (Wildman–Crippen LogP) is 5.14. The topological polar surface area (TPSA) is 59.8 Å². The van der Waals surface area contributed by atoms with Crippen molar-refractivity contribution >= 4 is 50.6 Å². The first-order valence-corrected chi connectivity index (χ1v) is 11.0. The van der Waals surface area contributed by atoms with Gasteiger partial charge in [-0.1, -0.05) is 33.8 Å². The van der Waals surface area contributed by atoms with Crippen LogP contribution in [-0.4, -0.2) is 26.4 Å². The fourth-order valence-electron chi connectivity index (χ4n) is 2.66. The molecule has 1 aromatic carbocycles. The van der Waals surface area contributed by atoms with Crippen molar-refractivity contribution in [1.29, 1.82) is 0 Å². The molecule has 26 heavy (non-hydrogen) atoms. The standard InChI is InChI=1S/C18H17BrN4OS2/c1-11-9-12(4-7-14(11)19)20-16(24)10-26-18-22-21-17(15-3-2-8-25-15)23(18)13-5-6-13/h2-4,7-9,13H,5-6,10H2,1H3,(H,20,24). The Hall–Kier alpha value is -1.64. The van der Waals surface area contributed by atoms with Gasteiger partial charge in [-0.3, -0.25) is 9.36 Å². The summed E-state index contributed by atoms with van der Waals surface area (Å²) in [6, 6.07) is 10.3. The summed E-state index contributed by atoms with van der Waals surface area (Å²) in [7, 11) is 0. The van der Waals surface area contributed by atoms with Crippen LogP contribution in [0.2, 0.25) is 0 Å². The first-order valence-electron chi connectivity index (χ1n) is 8.29. The number of aromatic nitrogens is 3. The second-order valence-electron chi connectivity index (χ2n) is 6.19. The Balaban J connectivity index is 1.44. The molecule has 1 fully saturated rings. The van der Waals surface area contributed by atoms with Crippen molar-refractivity contribution in [3.8, 4) is 10.7 Å². The maximum Gasteiger partial charge on any atom is 0.234 e. The lowest BCUT2D eigenvalue weighted by atomic mass is 10.2. The van der Waals surface area contributed by atoms with Gasteiger partial charge in [0.05, 0.1) is 10.6 Å².